The van der Waals surface area contributed by atoms with Crippen molar-refractivity contribution in [2.45, 2.75) is 57.3 Å². The smallest absolute Gasteiger partial charge is 0.376 e. The summed E-state index contributed by atoms with van der Waals surface area (Å²) in [4.78, 5) is 53.4. The normalized spacial score (nSPS) is 10.1. The Morgan fingerprint density at radius 1 is 0.655 bits per heavy atom. The molecule has 29 heavy (non-hydrogen) atoms. The second kappa shape index (κ2) is 16.4. The summed E-state index contributed by atoms with van der Waals surface area (Å²) in [7, 11) is 4.60. The van der Waals surface area contributed by atoms with Crippen molar-refractivity contribution in [2.24, 2.45) is 0 Å². The molecule has 0 spiro atoms. The van der Waals surface area contributed by atoms with Crippen LogP contribution in [0.2, 0.25) is 0 Å². The quantitative estimate of drug-likeness (QED) is 0.199. The Labute approximate surface area is 168 Å². The molecule has 0 N–H and O–H groups in total. The minimum Gasteiger partial charge on any atom is -0.469 e. The van der Waals surface area contributed by atoms with E-state index in [1.165, 1.54) is 14.2 Å². The number of rotatable bonds is 12. The Morgan fingerprint density at radius 2 is 1.10 bits per heavy atom. The molecule has 0 aromatic carbocycles. The molecular formula is C18H28F2O9. The van der Waals surface area contributed by atoms with Crippen molar-refractivity contribution in [3.8, 4) is 0 Å². The molecule has 0 aromatic rings. The van der Waals surface area contributed by atoms with Gasteiger partial charge in [0, 0.05) is 25.7 Å². The second-order valence-electron chi connectivity index (χ2n) is 5.68. The van der Waals surface area contributed by atoms with Crippen molar-refractivity contribution < 1.29 is 51.7 Å². The largest absolute Gasteiger partial charge is 0.469 e. The van der Waals surface area contributed by atoms with Gasteiger partial charge in [-0.3, -0.25) is 14.4 Å². The van der Waals surface area contributed by atoms with Gasteiger partial charge >= 0.3 is 29.8 Å². The molecule has 0 saturated carbocycles. The van der Waals surface area contributed by atoms with Crippen molar-refractivity contribution in [2.75, 3.05) is 28.4 Å². The van der Waals surface area contributed by atoms with Crippen LogP contribution in [0, 0.1) is 0 Å². The van der Waals surface area contributed by atoms with E-state index >= 15 is 0 Å². The number of esters is 4. The van der Waals surface area contributed by atoms with Crippen molar-refractivity contribution >= 4 is 29.7 Å². The van der Waals surface area contributed by atoms with Gasteiger partial charge in [0.1, 0.15) is 0 Å². The number of unbranched alkanes of at least 4 members (excludes halogenated alkanes) is 2. The third-order valence-electron chi connectivity index (χ3n) is 3.51. The Morgan fingerprint density at radius 3 is 1.52 bits per heavy atom. The van der Waals surface area contributed by atoms with Crippen LogP contribution in [0.15, 0.2) is 0 Å². The van der Waals surface area contributed by atoms with E-state index in [2.05, 4.69) is 18.9 Å². The zero-order valence-electron chi connectivity index (χ0n) is 17.1. The minimum atomic E-state index is -3.47. The predicted molar refractivity (Wildman–Crippen MR) is 95.0 cm³/mol. The molecule has 0 bridgehead atoms. The van der Waals surface area contributed by atoms with Crippen LogP contribution in [0.5, 0.6) is 0 Å². The average Bonchev–Trinajstić information content (AvgIpc) is 2.72. The van der Waals surface area contributed by atoms with Crippen LogP contribution in [0.4, 0.5) is 8.78 Å². The first-order valence-corrected chi connectivity index (χ1v) is 8.76. The summed E-state index contributed by atoms with van der Waals surface area (Å²) >= 11 is 0. The van der Waals surface area contributed by atoms with Crippen molar-refractivity contribution in [1.82, 2.24) is 0 Å². The second-order valence-corrected chi connectivity index (χ2v) is 5.68. The number of halogens is 2. The van der Waals surface area contributed by atoms with Gasteiger partial charge in [0.15, 0.2) is 0 Å². The van der Waals surface area contributed by atoms with Crippen molar-refractivity contribution in [3.05, 3.63) is 0 Å². The van der Waals surface area contributed by atoms with Crippen LogP contribution >= 0.6 is 0 Å². The van der Waals surface area contributed by atoms with Crippen LogP contribution in [0.3, 0.4) is 0 Å². The minimum absolute atomic E-state index is 0.0667. The summed E-state index contributed by atoms with van der Waals surface area (Å²) in [5.41, 5.74) is 0. The lowest BCUT2D eigenvalue weighted by atomic mass is 10.1. The topological polar surface area (TPSA) is 122 Å². The molecule has 0 fully saturated rings. The summed E-state index contributed by atoms with van der Waals surface area (Å²) in [6.07, 6.45) is 1.20. The summed E-state index contributed by atoms with van der Waals surface area (Å²) in [5, 5.41) is 0. The van der Waals surface area contributed by atoms with Crippen LogP contribution in [0.25, 0.3) is 0 Å². The van der Waals surface area contributed by atoms with E-state index in [9.17, 15) is 32.8 Å². The number of alkyl halides is 2. The summed E-state index contributed by atoms with van der Waals surface area (Å²) < 4.78 is 42.6. The van der Waals surface area contributed by atoms with E-state index in [1.807, 2.05) is 0 Å². The molecule has 11 heteroatoms. The lowest BCUT2D eigenvalue weighted by molar-refractivity contribution is -0.169. The lowest BCUT2D eigenvalue weighted by Crippen LogP contribution is -2.29. The number of ketones is 1. The van der Waals surface area contributed by atoms with E-state index in [0.717, 1.165) is 14.2 Å². The molecule has 0 amide bonds. The summed E-state index contributed by atoms with van der Waals surface area (Å²) in [5.74, 6) is -7.15. The predicted octanol–water partition coefficient (Wildman–Crippen LogP) is 1.99. The highest BCUT2D eigenvalue weighted by Crippen LogP contribution is 2.23. The molecule has 0 radical (unpaired) electrons. The Hall–Kier alpha value is -2.59. The SMILES string of the molecule is COC(=O)CCCCC(=O)C(=O)OC.COC(=O)CCCCC(F)(F)C(=O)OC. The van der Waals surface area contributed by atoms with Crippen LogP contribution in [-0.2, 0) is 42.9 Å². The van der Waals surface area contributed by atoms with E-state index in [-0.39, 0.29) is 38.1 Å². The maximum absolute atomic E-state index is 12.8. The fourth-order valence-electron chi connectivity index (χ4n) is 1.84. The van der Waals surface area contributed by atoms with Crippen molar-refractivity contribution in [3.63, 3.8) is 0 Å². The lowest BCUT2D eigenvalue weighted by Gasteiger charge is -2.12. The number of Topliss-reactive ketones (excluding diaryl/α,β-unsaturated/α-hetero) is 1. The van der Waals surface area contributed by atoms with E-state index in [0.29, 0.717) is 12.8 Å². The third kappa shape index (κ3) is 15.1. The number of methoxy groups -OCH3 is 4. The summed E-state index contributed by atoms with van der Waals surface area (Å²) in [6, 6.07) is 0. The Balaban J connectivity index is 0. The van der Waals surface area contributed by atoms with Crippen LogP contribution in [0.1, 0.15) is 51.4 Å². The van der Waals surface area contributed by atoms with Gasteiger partial charge in [-0.05, 0) is 25.7 Å². The highest BCUT2D eigenvalue weighted by atomic mass is 19.3. The molecule has 0 rings (SSSR count). The zero-order chi connectivity index (χ0) is 22.9. The van der Waals surface area contributed by atoms with Gasteiger partial charge in [-0.25, -0.2) is 9.59 Å². The number of hydrogen-bond acceptors (Lipinski definition) is 9. The Bertz CT molecular complexity index is 547. The first-order valence-electron chi connectivity index (χ1n) is 8.76. The van der Waals surface area contributed by atoms with E-state index in [4.69, 9.17) is 0 Å². The first kappa shape index (κ1) is 28.6. The molecule has 168 valence electrons. The van der Waals surface area contributed by atoms with Gasteiger partial charge in [0.05, 0.1) is 28.4 Å². The third-order valence-corrected chi connectivity index (χ3v) is 3.51. The fourth-order valence-corrected chi connectivity index (χ4v) is 1.84. The summed E-state index contributed by atoms with van der Waals surface area (Å²) in [6.45, 7) is 0. The molecule has 0 aliphatic heterocycles. The molecule has 0 aliphatic carbocycles. The maximum Gasteiger partial charge on any atom is 0.376 e. The molecule has 0 aromatic heterocycles. The van der Waals surface area contributed by atoms with Gasteiger partial charge in [-0.1, -0.05) is 0 Å². The molecule has 0 atom stereocenters. The number of carbonyl (C=O) groups excluding carboxylic acids is 5. The zero-order valence-corrected chi connectivity index (χ0v) is 17.1. The molecular weight excluding hydrogens is 398 g/mol. The Kier molecular flexibility index (Phi) is 16.2. The van der Waals surface area contributed by atoms with E-state index < -0.39 is 36.0 Å². The maximum atomic E-state index is 12.8. The highest BCUT2D eigenvalue weighted by molar-refractivity contribution is 6.33. The fraction of sp³-hybridized carbons (Fsp3) is 0.722. The average molecular weight is 426 g/mol. The van der Waals surface area contributed by atoms with Gasteiger partial charge in [-0.2, -0.15) is 8.78 Å². The molecule has 0 unspecified atom stereocenters. The molecule has 0 heterocycles. The van der Waals surface area contributed by atoms with Gasteiger partial charge < -0.3 is 18.9 Å². The number of hydrogen-bond donors (Lipinski definition) is 0. The van der Waals surface area contributed by atoms with Gasteiger partial charge in [-0.15, -0.1) is 0 Å². The van der Waals surface area contributed by atoms with Gasteiger partial charge in [0.2, 0.25) is 5.78 Å². The first-order chi connectivity index (χ1) is 13.5. The highest BCUT2D eigenvalue weighted by Gasteiger charge is 2.39. The molecule has 0 saturated heterocycles. The van der Waals surface area contributed by atoms with Gasteiger partial charge in [0.25, 0.3) is 0 Å². The number of ether oxygens (including phenoxy) is 4. The van der Waals surface area contributed by atoms with E-state index in [1.54, 1.807) is 0 Å². The van der Waals surface area contributed by atoms with Crippen LogP contribution < -0.4 is 0 Å². The molecule has 9 nitrogen and oxygen atoms in total. The monoisotopic (exact) mass is 426 g/mol. The standard InChI is InChI=1S/C9H14F2O4.C9H14O5/c1-14-7(12)5-3-4-6-9(10,11)8(13)15-2;1-13-8(11)6-4-3-5-7(10)9(12)14-2/h3-6H2,1-2H3;3-6H2,1-2H3. The van der Waals surface area contributed by atoms with Crippen molar-refractivity contribution in [1.29, 1.82) is 0 Å². The van der Waals surface area contributed by atoms with Crippen LogP contribution in [-0.4, -0.2) is 64.0 Å². The number of carbonyl (C=O) groups is 5. The molecule has 0 aliphatic rings.